The van der Waals surface area contributed by atoms with E-state index in [4.69, 9.17) is 10.4 Å². The molecule has 70 valence electrons. The van der Waals surface area contributed by atoms with Gasteiger partial charge in [0.05, 0.1) is 6.07 Å². The van der Waals surface area contributed by atoms with Crippen molar-refractivity contribution in [1.82, 2.24) is 9.80 Å². The molecule has 0 saturated carbocycles. The minimum Gasteiger partial charge on any atom is -0.465 e. The average Bonchev–Trinajstić information content (AvgIpc) is 2.08. The minimum atomic E-state index is -1.09. The van der Waals surface area contributed by atoms with E-state index in [0.717, 1.165) is 4.90 Å². The molecule has 1 aliphatic heterocycles. The second kappa shape index (κ2) is 3.76. The number of amides is 2. The van der Waals surface area contributed by atoms with Crippen LogP contribution in [0, 0.1) is 11.3 Å². The third-order valence-electron chi connectivity index (χ3n) is 1.85. The van der Waals surface area contributed by atoms with Crippen LogP contribution in [0.5, 0.6) is 0 Å². The first kappa shape index (κ1) is 9.32. The van der Waals surface area contributed by atoms with Crippen molar-refractivity contribution in [2.24, 2.45) is 0 Å². The summed E-state index contributed by atoms with van der Waals surface area (Å²) in [6.07, 6.45) is -1.09. The highest BCUT2D eigenvalue weighted by Crippen LogP contribution is 2.02. The van der Waals surface area contributed by atoms with Gasteiger partial charge in [0.15, 0.2) is 0 Å². The molecule has 0 atom stereocenters. The summed E-state index contributed by atoms with van der Waals surface area (Å²) in [5.41, 5.74) is 0. The van der Waals surface area contributed by atoms with Crippen LogP contribution in [-0.4, -0.2) is 53.1 Å². The molecular weight excluding hydrogens is 174 g/mol. The van der Waals surface area contributed by atoms with E-state index in [1.807, 2.05) is 6.07 Å². The molecule has 1 rings (SSSR count). The molecule has 0 aromatic carbocycles. The first-order chi connectivity index (χ1) is 6.15. The Morgan fingerprint density at radius 3 is 2.77 bits per heavy atom. The van der Waals surface area contributed by atoms with E-state index in [2.05, 4.69) is 0 Å². The first-order valence-electron chi connectivity index (χ1n) is 3.77. The van der Waals surface area contributed by atoms with Gasteiger partial charge >= 0.3 is 6.09 Å². The van der Waals surface area contributed by atoms with E-state index in [0.29, 0.717) is 6.54 Å². The normalized spacial score (nSPS) is 17.0. The number of hydrogen-bond donors (Lipinski definition) is 1. The first-order valence-corrected chi connectivity index (χ1v) is 3.77. The molecule has 6 nitrogen and oxygen atoms in total. The Hall–Kier alpha value is -1.77. The van der Waals surface area contributed by atoms with Crippen LogP contribution >= 0.6 is 0 Å². The molecule has 0 bridgehead atoms. The predicted molar refractivity (Wildman–Crippen MR) is 41.8 cm³/mol. The standard InChI is InChI=1S/C7H9N3O3/c8-1-2-9-3-4-10(7(12)13)5-6(9)11/h2-5H2,(H,12,13). The van der Waals surface area contributed by atoms with Gasteiger partial charge in [-0.2, -0.15) is 5.26 Å². The van der Waals surface area contributed by atoms with Crippen molar-refractivity contribution in [2.75, 3.05) is 26.2 Å². The SMILES string of the molecule is N#CCN1CCN(C(=O)O)CC1=O. The molecule has 0 aliphatic carbocycles. The van der Waals surface area contributed by atoms with E-state index in [1.165, 1.54) is 4.90 Å². The lowest BCUT2D eigenvalue weighted by atomic mass is 10.3. The van der Waals surface area contributed by atoms with Crippen molar-refractivity contribution in [3.63, 3.8) is 0 Å². The van der Waals surface area contributed by atoms with Gasteiger partial charge < -0.3 is 10.0 Å². The third kappa shape index (κ3) is 2.08. The fraction of sp³-hybridized carbons (Fsp3) is 0.571. The minimum absolute atomic E-state index is 0.0340. The maximum atomic E-state index is 11.2. The van der Waals surface area contributed by atoms with Gasteiger partial charge in [-0.1, -0.05) is 0 Å². The van der Waals surface area contributed by atoms with E-state index in [-0.39, 0.29) is 25.5 Å². The fourth-order valence-corrected chi connectivity index (χ4v) is 1.12. The summed E-state index contributed by atoms with van der Waals surface area (Å²) in [6, 6.07) is 1.85. The van der Waals surface area contributed by atoms with E-state index in [1.54, 1.807) is 0 Å². The monoisotopic (exact) mass is 183 g/mol. The van der Waals surface area contributed by atoms with Gasteiger partial charge in [0.2, 0.25) is 5.91 Å². The van der Waals surface area contributed by atoms with Crippen molar-refractivity contribution in [3.05, 3.63) is 0 Å². The van der Waals surface area contributed by atoms with Crippen molar-refractivity contribution < 1.29 is 14.7 Å². The van der Waals surface area contributed by atoms with Crippen molar-refractivity contribution in [1.29, 1.82) is 5.26 Å². The summed E-state index contributed by atoms with van der Waals surface area (Å²) >= 11 is 0. The number of carbonyl (C=O) groups excluding carboxylic acids is 1. The largest absolute Gasteiger partial charge is 0.465 e. The molecule has 0 radical (unpaired) electrons. The molecule has 6 heteroatoms. The summed E-state index contributed by atoms with van der Waals surface area (Å²) in [5, 5.41) is 16.9. The van der Waals surface area contributed by atoms with Gasteiger partial charge in [-0.15, -0.1) is 0 Å². The molecule has 1 N–H and O–H groups in total. The average molecular weight is 183 g/mol. The number of carbonyl (C=O) groups is 2. The second-order valence-corrected chi connectivity index (χ2v) is 2.68. The Balaban J connectivity index is 2.52. The summed E-state index contributed by atoms with van der Waals surface area (Å²) < 4.78 is 0. The highest BCUT2D eigenvalue weighted by molar-refractivity contribution is 5.83. The van der Waals surface area contributed by atoms with E-state index < -0.39 is 6.09 Å². The van der Waals surface area contributed by atoms with Crippen LogP contribution in [0.25, 0.3) is 0 Å². The zero-order valence-electron chi connectivity index (χ0n) is 6.93. The zero-order chi connectivity index (χ0) is 9.84. The van der Waals surface area contributed by atoms with Crippen LogP contribution in [0.1, 0.15) is 0 Å². The van der Waals surface area contributed by atoms with Gasteiger partial charge in [-0.05, 0) is 0 Å². The maximum absolute atomic E-state index is 11.2. The Morgan fingerprint density at radius 1 is 1.62 bits per heavy atom. The number of nitriles is 1. The molecule has 13 heavy (non-hydrogen) atoms. The molecule has 1 heterocycles. The quantitative estimate of drug-likeness (QED) is 0.546. The van der Waals surface area contributed by atoms with E-state index in [9.17, 15) is 9.59 Å². The van der Waals surface area contributed by atoms with Crippen molar-refractivity contribution in [3.8, 4) is 6.07 Å². The van der Waals surface area contributed by atoms with Gasteiger partial charge in [0, 0.05) is 13.1 Å². The second-order valence-electron chi connectivity index (χ2n) is 2.68. The number of nitrogens with zero attached hydrogens (tertiary/aromatic N) is 3. The number of carboxylic acid groups (broad SMARTS) is 1. The van der Waals surface area contributed by atoms with Crippen LogP contribution in [0.2, 0.25) is 0 Å². The number of piperazine rings is 1. The number of hydrogen-bond acceptors (Lipinski definition) is 3. The summed E-state index contributed by atoms with van der Waals surface area (Å²) in [5.74, 6) is -0.310. The van der Waals surface area contributed by atoms with Crippen molar-refractivity contribution in [2.45, 2.75) is 0 Å². The lowest BCUT2D eigenvalue weighted by Crippen LogP contribution is -2.51. The van der Waals surface area contributed by atoms with Crippen LogP contribution in [0.3, 0.4) is 0 Å². The topological polar surface area (TPSA) is 84.6 Å². The highest BCUT2D eigenvalue weighted by atomic mass is 16.4. The molecule has 0 spiro atoms. The van der Waals surface area contributed by atoms with Crippen LogP contribution < -0.4 is 0 Å². The van der Waals surface area contributed by atoms with Crippen LogP contribution in [0.4, 0.5) is 4.79 Å². The Kier molecular flexibility index (Phi) is 2.69. The highest BCUT2D eigenvalue weighted by Gasteiger charge is 2.26. The molecular formula is C7H9N3O3. The number of rotatable bonds is 1. The molecule has 0 aromatic heterocycles. The summed E-state index contributed by atoms with van der Waals surface area (Å²) in [4.78, 5) is 24.0. The Morgan fingerprint density at radius 2 is 2.31 bits per heavy atom. The maximum Gasteiger partial charge on any atom is 0.407 e. The molecule has 0 unspecified atom stereocenters. The lowest BCUT2D eigenvalue weighted by Gasteiger charge is -2.30. The van der Waals surface area contributed by atoms with Gasteiger partial charge in [0.25, 0.3) is 0 Å². The van der Waals surface area contributed by atoms with Gasteiger partial charge in [-0.3, -0.25) is 9.69 Å². The molecule has 2 amide bonds. The third-order valence-corrected chi connectivity index (χ3v) is 1.85. The summed E-state index contributed by atoms with van der Waals surface area (Å²) in [7, 11) is 0. The predicted octanol–water partition coefficient (Wildman–Crippen LogP) is -0.668. The Bertz CT molecular complexity index is 271. The molecule has 1 aliphatic rings. The van der Waals surface area contributed by atoms with Crippen molar-refractivity contribution >= 4 is 12.0 Å². The Labute approximate surface area is 75.0 Å². The van der Waals surface area contributed by atoms with Crippen LogP contribution in [0.15, 0.2) is 0 Å². The molecule has 1 saturated heterocycles. The van der Waals surface area contributed by atoms with Crippen LogP contribution in [-0.2, 0) is 4.79 Å². The zero-order valence-corrected chi connectivity index (χ0v) is 6.93. The molecule has 0 aromatic rings. The van der Waals surface area contributed by atoms with Gasteiger partial charge in [0.1, 0.15) is 13.1 Å². The molecule has 1 fully saturated rings. The van der Waals surface area contributed by atoms with E-state index >= 15 is 0 Å². The van der Waals surface area contributed by atoms with Gasteiger partial charge in [-0.25, -0.2) is 4.79 Å². The lowest BCUT2D eigenvalue weighted by molar-refractivity contribution is -0.134. The fourth-order valence-electron chi connectivity index (χ4n) is 1.12. The smallest absolute Gasteiger partial charge is 0.407 e. The summed E-state index contributed by atoms with van der Waals surface area (Å²) in [6.45, 7) is 0.477.